The summed E-state index contributed by atoms with van der Waals surface area (Å²) >= 11 is 1.67. The highest BCUT2D eigenvalue weighted by molar-refractivity contribution is 7.11. The number of aryl methyl sites for hydroxylation is 1. The number of ether oxygens (including phenoxy) is 1. The molecule has 3 nitrogen and oxygen atoms in total. The van der Waals surface area contributed by atoms with E-state index in [1.807, 2.05) is 0 Å². The molecule has 2 rings (SSSR count). The summed E-state index contributed by atoms with van der Waals surface area (Å²) in [6.45, 7) is 0.560. The fourth-order valence-corrected chi connectivity index (χ4v) is 2.77. The Morgan fingerprint density at radius 2 is 2.54 bits per heavy atom. The zero-order valence-corrected chi connectivity index (χ0v) is 8.43. The van der Waals surface area contributed by atoms with Gasteiger partial charge in [-0.15, -0.1) is 11.3 Å². The molecule has 1 unspecified atom stereocenters. The van der Waals surface area contributed by atoms with Gasteiger partial charge in [0.2, 0.25) is 0 Å². The maximum Gasteiger partial charge on any atom is 0.119 e. The van der Waals surface area contributed by atoms with E-state index < -0.39 is 0 Å². The van der Waals surface area contributed by atoms with Crippen molar-refractivity contribution in [1.29, 1.82) is 0 Å². The Morgan fingerprint density at radius 3 is 3.23 bits per heavy atom. The summed E-state index contributed by atoms with van der Waals surface area (Å²) in [5.41, 5.74) is 0.892. The summed E-state index contributed by atoms with van der Waals surface area (Å²) in [5.74, 6) is 0. The van der Waals surface area contributed by atoms with Crippen molar-refractivity contribution in [2.45, 2.75) is 32.0 Å². The second kappa shape index (κ2) is 3.74. The fourth-order valence-electron chi connectivity index (χ4n) is 1.63. The van der Waals surface area contributed by atoms with Crippen LogP contribution in [0.5, 0.6) is 0 Å². The van der Waals surface area contributed by atoms with Gasteiger partial charge in [0, 0.05) is 12.0 Å². The van der Waals surface area contributed by atoms with Crippen molar-refractivity contribution < 1.29 is 9.84 Å². The first kappa shape index (κ1) is 9.12. The van der Waals surface area contributed by atoms with Crippen molar-refractivity contribution >= 4 is 11.3 Å². The molecule has 4 heteroatoms. The molecule has 1 aliphatic rings. The highest BCUT2D eigenvalue weighted by Gasteiger charge is 2.22. The van der Waals surface area contributed by atoms with E-state index in [0.29, 0.717) is 6.61 Å². The number of hydrogen-bond donors (Lipinski definition) is 1. The lowest BCUT2D eigenvalue weighted by atomic mass is 10.0. The summed E-state index contributed by atoms with van der Waals surface area (Å²) in [6.07, 6.45) is 2.64. The van der Waals surface area contributed by atoms with Gasteiger partial charge in [-0.25, -0.2) is 4.98 Å². The molecule has 1 N–H and O–H groups in total. The molecule has 0 aliphatic heterocycles. The molecular formula is C9H13NO2S. The Hall–Kier alpha value is -0.450. The van der Waals surface area contributed by atoms with E-state index in [4.69, 9.17) is 4.74 Å². The summed E-state index contributed by atoms with van der Waals surface area (Å²) in [4.78, 5) is 5.61. The molecule has 0 saturated carbocycles. The van der Waals surface area contributed by atoms with Crippen LogP contribution in [0, 0.1) is 0 Å². The molecule has 0 spiro atoms. The maximum absolute atomic E-state index is 9.65. The van der Waals surface area contributed by atoms with Crippen LogP contribution in [0.4, 0.5) is 0 Å². The van der Waals surface area contributed by atoms with Gasteiger partial charge in [0.05, 0.1) is 18.4 Å². The first-order chi connectivity index (χ1) is 6.31. The van der Waals surface area contributed by atoms with Crippen LogP contribution >= 0.6 is 11.3 Å². The van der Waals surface area contributed by atoms with Gasteiger partial charge in [-0.2, -0.15) is 0 Å². The minimum absolute atomic E-state index is 0.342. The third-order valence-corrected chi connectivity index (χ3v) is 3.34. The zero-order chi connectivity index (χ0) is 9.26. The van der Waals surface area contributed by atoms with E-state index in [1.165, 1.54) is 4.88 Å². The number of methoxy groups -OCH3 is 1. The lowest BCUT2D eigenvalue weighted by molar-refractivity contribution is 0.151. The monoisotopic (exact) mass is 199 g/mol. The number of aromatic nitrogens is 1. The van der Waals surface area contributed by atoms with Gasteiger partial charge in [0.15, 0.2) is 0 Å². The van der Waals surface area contributed by atoms with Crippen molar-refractivity contribution in [2.75, 3.05) is 7.11 Å². The van der Waals surface area contributed by atoms with Gasteiger partial charge >= 0.3 is 0 Å². The quantitative estimate of drug-likeness (QED) is 0.787. The first-order valence-electron chi connectivity index (χ1n) is 4.46. The van der Waals surface area contributed by atoms with Crippen LogP contribution in [0.25, 0.3) is 0 Å². The topological polar surface area (TPSA) is 42.4 Å². The van der Waals surface area contributed by atoms with Crippen LogP contribution < -0.4 is 0 Å². The Labute approximate surface area is 81.4 Å². The Balaban J connectivity index is 2.25. The predicted molar refractivity (Wildman–Crippen MR) is 50.7 cm³/mol. The van der Waals surface area contributed by atoms with Crippen LogP contribution in [0.1, 0.15) is 34.5 Å². The van der Waals surface area contributed by atoms with E-state index in [-0.39, 0.29) is 6.10 Å². The smallest absolute Gasteiger partial charge is 0.119 e. The number of hydrogen-bond acceptors (Lipinski definition) is 4. The maximum atomic E-state index is 9.65. The normalized spacial score (nSPS) is 21.5. The number of nitrogens with zero attached hydrogens (tertiary/aromatic N) is 1. The van der Waals surface area contributed by atoms with Crippen molar-refractivity contribution in [3.8, 4) is 0 Å². The highest BCUT2D eigenvalue weighted by atomic mass is 32.1. The fraction of sp³-hybridized carbons (Fsp3) is 0.667. The Bertz CT molecular complexity index is 298. The van der Waals surface area contributed by atoms with Gasteiger partial charge in [0.25, 0.3) is 0 Å². The molecule has 13 heavy (non-hydrogen) atoms. The molecule has 0 aromatic carbocycles. The summed E-state index contributed by atoms with van der Waals surface area (Å²) in [6, 6.07) is 0. The average Bonchev–Trinajstić information content (AvgIpc) is 2.49. The van der Waals surface area contributed by atoms with Crippen LogP contribution in [0.3, 0.4) is 0 Å². The van der Waals surface area contributed by atoms with Gasteiger partial charge in [-0.05, 0) is 19.3 Å². The molecular weight excluding hydrogens is 186 g/mol. The van der Waals surface area contributed by atoms with E-state index in [2.05, 4.69) is 4.98 Å². The summed E-state index contributed by atoms with van der Waals surface area (Å²) < 4.78 is 5.01. The standard InChI is InChI=1S/C9H13NO2S/c1-12-5-8-10-9-6(11)3-2-4-7(9)13-8/h6,11H,2-5H2,1H3. The Morgan fingerprint density at radius 1 is 1.69 bits per heavy atom. The molecule has 1 aromatic rings. The van der Waals surface area contributed by atoms with E-state index in [9.17, 15) is 5.11 Å². The van der Waals surface area contributed by atoms with Gasteiger partial charge in [0.1, 0.15) is 5.01 Å². The van der Waals surface area contributed by atoms with Crippen LogP contribution in [0.15, 0.2) is 0 Å². The number of aliphatic hydroxyl groups excluding tert-OH is 1. The minimum atomic E-state index is -0.342. The van der Waals surface area contributed by atoms with Crippen LogP contribution in [0.2, 0.25) is 0 Å². The lowest BCUT2D eigenvalue weighted by Gasteiger charge is -2.14. The molecule has 0 bridgehead atoms. The van der Waals surface area contributed by atoms with Crippen molar-refractivity contribution in [1.82, 2.24) is 4.98 Å². The first-order valence-corrected chi connectivity index (χ1v) is 5.28. The third-order valence-electron chi connectivity index (χ3n) is 2.24. The highest BCUT2D eigenvalue weighted by Crippen LogP contribution is 2.33. The Kier molecular flexibility index (Phi) is 2.62. The zero-order valence-electron chi connectivity index (χ0n) is 7.62. The van der Waals surface area contributed by atoms with Crippen molar-refractivity contribution in [3.63, 3.8) is 0 Å². The third kappa shape index (κ3) is 1.75. The molecule has 0 fully saturated rings. The molecule has 0 amide bonds. The van der Waals surface area contributed by atoms with Crippen LogP contribution in [-0.2, 0) is 17.8 Å². The number of rotatable bonds is 2. The number of aliphatic hydroxyl groups is 1. The van der Waals surface area contributed by atoms with Gasteiger partial charge < -0.3 is 9.84 Å². The number of thiazole rings is 1. The van der Waals surface area contributed by atoms with Gasteiger partial charge in [-0.3, -0.25) is 0 Å². The molecule has 72 valence electrons. The van der Waals surface area contributed by atoms with Gasteiger partial charge in [-0.1, -0.05) is 0 Å². The summed E-state index contributed by atoms with van der Waals surface area (Å²) in [7, 11) is 1.66. The molecule has 1 heterocycles. The minimum Gasteiger partial charge on any atom is -0.387 e. The molecule has 1 aliphatic carbocycles. The van der Waals surface area contributed by atoms with Crippen molar-refractivity contribution in [3.05, 3.63) is 15.6 Å². The number of fused-ring (bicyclic) bond motifs is 1. The molecule has 0 saturated heterocycles. The molecule has 1 aromatic heterocycles. The van der Waals surface area contributed by atoms with E-state index >= 15 is 0 Å². The molecule has 0 radical (unpaired) electrons. The SMILES string of the molecule is COCc1nc2c(s1)CCCC2O. The predicted octanol–water partition coefficient (Wildman–Crippen LogP) is 1.66. The lowest BCUT2D eigenvalue weighted by Crippen LogP contribution is -2.07. The van der Waals surface area contributed by atoms with E-state index in [1.54, 1.807) is 18.4 Å². The second-order valence-corrected chi connectivity index (χ2v) is 4.43. The summed E-state index contributed by atoms with van der Waals surface area (Å²) in [5, 5.41) is 10.6. The van der Waals surface area contributed by atoms with Crippen LogP contribution in [-0.4, -0.2) is 17.2 Å². The average molecular weight is 199 g/mol. The largest absolute Gasteiger partial charge is 0.387 e. The van der Waals surface area contributed by atoms with E-state index in [0.717, 1.165) is 30.0 Å². The molecule has 1 atom stereocenters. The van der Waals surface area contributed by atoms with Crippen molar-refractivity contribution in [2.24, 2.45) is 0 Å². The second-order valence-electron chi connectivity index (χ2n) is 3.26.